The predicted molar refractivity (Wildman–Crippen MR) is 50.1 cm³/mol. The SMILES string of the molecule is CCC(F)N1Cc2c(csc2N)O1. The van der Waals surface area contributed by atoms with Crippen LogP contribution in [0.15, 0.2) is 5.38 Å². The molecule has 3 nitrogen and oxygen atoms in total. The summed E-state index contributed by atoms with van der Waals surface area (Å²) in [7, 11) is 0. The molecule has 0 amide bonds. The third-order valence-electron chi connectivity index (χ3n) is 2.07. The van der Waals surface area contributed by atoms with E-state index in [9.17, 15) is 4.39 Å². The number of thiophene rings is 1. The summed E-state index contributed by atoms with van der Waals surface area (Å²) in [5.41, 5.74) is 6.60. The van der Waals surface area contributed by atoms with Crippen molar-refractivity contribution in [2.75, 3.05) is 5.73 Å². The number of fused-ring (bicyclic) bond motifs is 1. The summed E-state index contributed by atoms with van der Waals surface area (Å²) < 4.78 is 13.2. The molecule has 0 aliphatic carbocycles. The van der Waals surface area contributed by atoms with Gasteiger partial charge in [-0.3, -0.25) is 0 Å². The van der Waals surface area contributed by atoms with Crippen LogP contribution in [-0.2, 0) is 6.54 Å². The van der Waals surface area contributed by atoms with Crippen molar-refractivity contribution in [2.45, 2.75) is 26.2 Å². The third-order valence-corrected chi connectivity index (χ3v) is 2.90. The number of hydrogen-bond donors (Lipinski definition) is 1. The van der Waals surface area contributed by atoms with E-state index < -0.39 is 6.30 Å². The standard InChI is InChI=1S/C8H11FN2OS/c1-2-7(9)11-3-5-6(12-11)4-13-8(5)10/h4,7H,2-3,10H2,1H3. The number of hydroxylamine groups is 2. The normalized spacial score (nSPS) is 18.3. The lowest BCUT2D eigenvalue weighted by Crippen LogP contribution is -2.29. The number of anilines is 1. The van der Waals surface area contributed by atoms with Crippen molar-refractivity contribution in [3.63, 3.8) is 0 Å². The number of rotatable bonds is 2. The molecule has 13 heavy (non-hydrogen) atoms. The van der Waals surface area contributed by atoms with E-state index in [1.54, 1.807) is 6.92 Å². The van der Waals surface area contributed by atoms with E-state index in [4.69, 9.17) is 10.6 Å². The van der Waals surface area contributed by atoms with Gasteiger partial charge in [-0.2, -0.15) is 0 Å². The van der Waals surface area contributed by atoms with Crippen LogP contribution in [0.3, 0.4) is 0 Å². The summed E-state index contributed by atoms with van der Waals surface area (Å²) in [5, 5.41) is 3.86. The molecule has 0 saturated carbocycles. The van der Waals surface area contributed by atoms with Crippen molar-refractivity contribution in [3.05, 3.63) is 10.9 Å². The molecule has 1 aromatic rings. The van der Waals surface area contributed by atoms with Gasteiger partial charge in [0, 0.05) is 10.9 Å². The average Bonchev–Trinajstić information content (AvgIpc) is 2.67. The minimum Gasteiger partial charge on any atom is -0.402 e. The highest BCUT2D eigenvalue weighted by atomic mass is 32.1. The molecule has 0 bridgehead atoms. The minimum atomic E-state index is -1.04. The predicted octanol–water partition coefficient (Wildman–Crippen LogP) is 2.15. The van der Waals surface area contributed by atoms with Crippen molar-refractivity contribution >= 4 is 16.3 Å². The molecule has 1 aliphatic heterocycles. The molecule has 5 heteroatoms. The molecule has 0 radical (unpaired) electrons. The van der Waals surface area contributed by atoms with Crippen LogP contribution in [0.5, 0.6) is 5.75 Å². The first-order chi connectivity index (χ1) is 6.22. The molecule has 1 unspecified atom stereocenters. The first kappa shape index (κ1) is 8.77. The largest absolute Gasteiger partial charge is 0.402 e. The lowest BCUT2D eigenvalue weighted by atomic mass is 10.3. The summed E-state index contributed by atoms with van der Waals surface area (Å²) in [6.07, 6.45) is -0.620. The van der Waals surface area contributed by atoms with Gasteiger partial charge >= 0.3 is 0 Å². The van der Waals surface area contributed by atoms with Crippen LogP contribution in [0.25, 0.3) is 0 Å². The van der Waals surface area contributed by atoms with Crippen LogP contribution in [0.4, 0.5) is 9.39 Å². The number of halogens is 1. The minimum absolute atomic E-state index is 0.424. The van der Waals surface area contributed by atoms with E-state index in [2.05, 4.69) is 0 Å². The van der Waals surface area contributed by atoms with Gasteiger partial charge < -0.3 is 10.6 Å². The second kappa shape index (κ2) is 3.16. The van der Waals surface area contributed by atoms with Crippen LogP contribution >= 0.6 is 11.3 Å². The monoisotopic (exact) mass is 202 g/mol. The van der Waals surface area contributed by atoms with Gasteiger partial charge in [0.1, 0.15) is 0 Å². The average molecular weight is 202 g/mol. The Kier molecular flexibility index (Phi) is 2.13. The maximum atomic E-state index is 13.2. The molecule has 1 atom stereocenters. The van der Waals surface area contributed by atoms with E-state index in [0.29, 0.717) is 18.7 Å². The van der Waals surface area contributed by atoms with Gasteiger partial charge in [-0.15, -0.1) is 16.4 Å². The quantitative estimate of drug-likeness (QED) is 0.747. The van der Waals surface area contributed by atoms with E-state index in [1.807, 2.05) is 5.38 Å². The van der Waals surface area contributed by atoms with Gasteiger partial charge in [0.05, 0.1) is 11.5 Å². The molecule has 1 aliphatic rings. The fourth-order valence-electron chi connectivity index (χ4n) is 1.29. The second-order valence-corrected chi connectivity index (χ2v) is 3.86. The summed E-state index contributed by atoms with van der Waals surface area (Å²) in [4.78, 5) is 5.27. The maximum absolute atomic E-state index is 13.2. The molecular formula is C8H11FN2OS. The van der Waals surface area contributed by atoms with Gasteiger partial charge in [0.15, 0.2) is 12.0 Å². The van der Waals surface area contributed by atoms with Crippen molar-refractivity contribution in [1.29, 1.82) is 0 Å². The Labute approximate surface area is 79.9 Å². The highest BCUT2D eigenvalue weighted by Gasteiger charge is 2.29. The Balaban J connectivity index is 2.14. The first-order valence-corrected chi connectivity index (χ1v) is 5.05. The van der Waals surface area contributed by atoms with Crippen molar-refractivity contribution in [3.8, 4) is 5.75 Å². The summed E-state index contributed by atoms with van der Waals surface area (Å²) in [6.45, 7) is 2.24. The van der Waals surface area contributed by atoms with Crippen LogP contribution < -0.4 is 10.6 Å². The Hall–Kier alpha value is -0.810. The van der Waals surface area contributed by atoms with Gasteiger partial charge in [-0.25, -0.2) is 4.39 Å². The van der Waals surface area contributed by atoms with Crippen molar-refractivity contribution in [2.24, 2.45) is 0 Å². The Bertz CT molecular complexity index is 315. The van der Waals surface area contributed by atoms with E-state index >= 15 is 0 Å². The number of nitrogens with zero attached hydrogens (tertiary/aromatic N) is 1. The number of hydrogen-bond acceptors (Lipinski definition) is 4. The Morgan fingerprint density at radius 2 is 2.62 bits per heavy atom. The highest BCUT2D eigenvalue weighted by molar-refractivity contribution is 7.14. The molecule has 2 heterocycles. The molecule has 72 valence electrons. The molecule has 2 N–H and O–H groups in total. The molecular weight excluding hydrogens is 191 g/mol. The van der Waals surface area contributed by atoms with Crippen molar-refractivity contribution in [1.82, 2.24) is 5.06 Å². The topological polar surface area (TPSA) is 38.5 Å². The first-order valence-electron chi connectivity index (χ1n) is 4.17. The molecule has 0 aromatic carbocycles. The van der Waals surface area contributed by atoms with Crippen LogP contribution in [0.1, 0.15) is 18.9 Å². The summed E-state index contributed by atoms with van der Waals surface area (Å²) in [5.74, 6) is 0.707. The molecule has 0 saturated heterocycles. The van der Waals surface area contributed by atoms with Gasteiger partial charge in [0.25, 0.3) is 0 Å². The highest BCUT2D eigenvalue weighted by Crippen LogP contribution is 2.38. The van der Waals surface area contributed by atoms with Gasteiger partial charge in [-0.1, -0.05) is 6.92 Å². The number of nitrogens with two attached hydrogens (primary N) is 1. The van der Waals surface area contributed by atoms with E-state index in [0.717, 1.165) is 10.6 Å². The lowest BCUT2D eigenvalue weighted by Gasteiger charge is -2.17. The summed E-state index contributed by atoms with van der Waals surface area (Å²) in [6, 6.07) is 0. The van der Waals surface area contributed by atoms with Crippen LogP contribution in [0, 0.1) is 0 Å². The fourth-order valence-corrected chi connectivity index (χ4v) is 2.01. The molecule has 2 rings (SSSR count). The lowest BCUT2D eigenvalue weighted by molar-refractivity contribution is -0.129. The summed E-state index contributed by atoms with van der Waals surface area (Å²) >= 11 is 1.43. The van der Waals surface area contributed by atoms with Crippen LogP contribution in [0.2, 0.25) is 0 Å². The zero-order valence-electron chi connectivity index (χ0n) is 7.29. The maximum Gasteiger partial charge on any atom is 0.185 e. The van der Waals surface area contributed by atoms with Crippen molar-refractivity contribution < 1.29 is 9.23 Å². The van der Waals surface area contributed by atoms with E-state index in [1.165, 1.54) is 16.4 Å². The molecule has 1 aromatic heterocycles. The molecule has 0 fully saturated rings. The van der Waals surface area contributed by atoms with E-state index in [-0.39, 0.29) is 0 Å². The Morgan fingerprint density at radius 1 is 1.85 bits per heavy atom. The fraction of sp³-hybridized carbons (Fsp3) is 0.500. The van der Waals surface area contributed by atoms with Gasteiger partial charge in [-0.05, 0) is 6.42 Å². The number of nitrogen functional groups attached to an aromatic ring is 1. The second-order valence-electron chi connectivity index (χ2n) is 2.95. The zero-order chi connectivity index (χ0) is 9.42. The number of alkyl halides is 1. The smallest absolute Gasteiger partial charge is 0.185 e. The van der Waals surface area contributed by atoms with Gasteiger partial charge in [0.2, 0.25) is 0 Å². The molecule has 0 spiro atoms. The van der Waals surface area contributed by atoms with Crippen LogP contribution in [-0.4, -0.2) is 11.4 Å². The Morgan fingerprint density at radius 3 is 3.23 bits per heavy atom. The zero-order valence-corrected chi connectivity index (χ0v) is 8.10. The third kappa shape index (κ3) is 1.38.